The van der Waals surface area contributed by atoms with Gasteiger partial charge >= 0.3 is 0 Å². The molecule has 0 amide bonds. The van der Waals surface area contributed by atoms with Crippen LogP contribution in [0.4, 0.5) is 0 Å². The summed E-state index contributed by atoms with van der Waals surface area (Å²) >= 11 is 5.81. The number of hydrogen-bond acceptors (Lipinski definition) is 3. The van der Waals surface area contributed by atoms with Gasteiger partial charge in [0, 0.05) is 25.2 Å². The van der Waals surface area contributed by atoms with Gasteiger partial charge in [0.05, 0.1) is 11.9 Å². The highest BCUT2D eigenvalue weighted by Gasteiger charge is 2.21. The summed E-state index contributed by atoms with van der Waals surface area (Å²) in [6.07, 6.45) is 4.28. The highest BCUT2D eigenvalue weighted by molar-refractivity contribution is 7.88. The van der Waals surface area contributed by atoms with E-state index in [-0.39, 0.29) is 11.9 Å². The lowest BCUT2D eigenvalue weighted by Crippen LogP contribution is -2.32. The van der Waals surface area contributed by atoms with Crippen LogP contribution in [0.1, 0.15) is 31.2 Å². The Labute approximate surface area is 132 Å². The molecule has 1 saturated heterocycles. The second-order valence-electron chi connectivity index (χ2n) is 5.48. The third kappa shape index (κ3) is 5.25. The number of hydrogen-bond donors (Lipinski definition) is 0. The first kappa shape index (κ1) is 16.7. The van der Waals surface area contributed by atoms with Crippen LogP contribution in [-0.2, 0) is 20.5 Å². The molecule has 1 unspecified atom stereocenters. The number of halogens is 1. The summed E-state index contributed by atoms with van der Waals surface area (Å²) in [6.45, 7) is 1.30. The van der Waals surface area contributed by atoms with E-state index >= 15 is 0 Å². The van der Waals surface area contributed by atoms with Gasteiger partial charge in [-0.1, -0.05) is 23.7 Å². The molecule has 1 aliphatic heterocycles. The number of rotatable bonds is 6. The van der Waals surface area contributed by atoms with Gasteiger partial charge in [-0.2, -0.15) is 0 Å². The molecule has 1 aromatic rings. The standard InChI is InChI=1S/C15H22ClNO3S/c1-17(10-9-15-4-2-3-11-20-15)21(18,19)12-13-5-7-14(16)8-6-13/h5-8,15H,2-4,9-12H2,1H3. The summed E-state index contributed by atoms with van der Waals surface area (Å²) in [5.41, 5.74) is 0.750. The third-order valence-electron chi connectivity index (χ3n) is 3.78. The summed E-state index contributed by atoms with van der Waals surface area (Å²) < 4.78 is 31.7. The van der Waals surface area contributed by atoms with Crippen LogP contribution in [0.2, 0.25) is 5.02 Å². The van der Waals surface area contributed by atoms with Crippen LogP contribution in [0.25, 0.3) is 0 Å². The Kier molecular flexibility index (Phi) is 6.05. The van der Waals surface area contributed by atoms with Crippen molar-refractivity contribution in [2.24, 2.45) is 0 Å². The van der Waals surface area contributed by atoms with Crippen molar-refractivity contribution < 1.29 is 13.2 Å². The number of nitrogens with zero attached hydrogens (tertiary/aromatic N) is 1. The summed E-state index contributed by atoms with van der Waals surface area (Å²) in [5, 5.41) is 0.610. The molecule has 0 N–H and O–H groups in total. The topological polar surface area (TPSA) is 46.6 Å². The average molecular weight is 332 g/mol. The fourth-order valence-electron chi connectivity index (χ4n) is 2.40. The Hall–Kier alpha value is -0.620. The van der Waals surface area contributed by atoms with Crippen molar-refractivity contribution in [2.45, 2.75) is 37.5 Å². The summed E-state index contributed by atoms with van der Waals surface area (Å²) in [5.74, 6) is 0.00614. The van der Waals surface area contributed by atoms with Crippen molar-refractivity contribution in [3.63, 3.8) is 0 Å². The number of ether oxygens (including phenoxy) is 1. The lowest BCUT2D eigenvalue weighted by Gasteiger charge is -2.25. The van der Waals surface area contributed by atoms with E-state index in [4.69, 9.17) is 16.3 Å². The molecule has 1 aromatic carbocycles. The molecule has 0 spiro atoms. The Morgan fingerprint density at radius 2 is 2.00 bits per heavy atom. The lowest BCUT2D eigenvalue weighted by atomic mass is 10.1. The van der Waals surface area contributed by atoms with Crippen LogP contribution >= 0.6 is 11.6 Å². The molecule has 0 saturated carbocycles. The summed E-state index contributed by atoms with van der Waals surface area (Å²) in [4.78, 5) is 0. The predicted molar refractivity (Wildman–Crippen MR) is 84.9 cm³/mol. The van der Waals surface area contributed by atoms with Crippen molar-refractivity contribution in [1.29, 1.82) is 0 Å². The van der Waals surface area contributed by atoms with Gasteiger partial charge in [0.15, 0.2) is 0 Å². The molecule has 1 aliphatic rings. The van der Waals surface area contributed by atoms with Crippen molar-refractivity contribution in [3.05, 3.63) is 34.9 Å². The maximum atomic E-state index is 12.3. The van der Waals surface area contributed by atoms with Crippen molar-refractivity contribution in [1.82, 2.24) is 4.31 Å². The molecular formula is C15H22ClNO3S. The van der Waals surface area contributed by atoms with Crippen LogP contribution in [0.3, 0.4) is 0 Å². The Bertz CT molecular complexity index is 539. The third-order valence-corrected chi connectivity index (χ3v) is 5.86. The van der Waals surface area contributed by atoms with Gasteiger partial charge in [-0.15, -0.1) is 0 Å². The molecular weight excluding hydrogens is 310 g/mol. The molecule has 4 nitrogen and oxygen atoms in total. The van der Waals surface area contributed by atoms with Gasteiger partial charge in [-0.05, 0) is 43.4 Å². The summed E-state index contributed by atoms with van der Waals surface area (Å²) in [7, 11) is -1.66. The molecule has 0 radical (unpaired) electrons. The number of sulfonamides is 1. The van der Waals surface area contributed by atoms with Crippen LogP contribution in [-0.4, -0.2) is 39.0 Å². The van der Waals surface area contributed by atoms with Crippen LogP contribution in [0, 0.1) is 0 Å². The smallest absolute Gasteiger partial charge is 0.218 e. The Balaban J connectivity index is 1.87. The van der Waals surface area contributed by atoms with E-state index < -0.39 is 10.0 Å². The van der Waals surface area contributed by atoms with E-state index in [2.05, 4.69) is 0 Å². The van der Waals surface area contributed by atoms with E-state index in [1.807, 2.05) is 0 Å². The quantitative estimate of drug-likeness (QED) is 0.804. The monoisotopic (exact) mass is 331 g/mol. The molecule has 6 heteroatoms. The first-order valence-corrected chi connectivity index (χ1v) is 9.26. The van der Waals surface area contributed by atoms with E-state index in [9.17, 15) is 8.42 Å². The van der Waals surface area contributed by atoms with E-state index in [1.54, 1.807) is 31.3 Å². The van der Waals surface area contributed by atoms with Crippen LogP contribution < -0.4 is 0 Å². The largest absolute Gasteiger partial charge is 0.378 e. The highest BCUT2D eigenvalue weighted by Crippen LogP contribution is 2.18. The minimum absolute atomic E-state index is 0.00614. The van der Waals surface area contributed by atoms with Gasteiger partial charge in [0.25, 0.3) is 0 Å². The van der Waals surface area contributed by atoms with Crippen molar-refractivity contribution >= 4 is 21.6 Å². The fraction of sp³-hybridized carbons (Fsp3) is 0.600. The highest BCUT2D eigenvalue weighted by atomic mass is 35.5. The van der Waals surface area contributed by atoms with Crippen molar-refractivity contribution in [2.75, 3.05) is 20.2 Å². The molecule has 118 valence electrons. The molecule has 21 heavy (non-hydrogen) atoms. The van der Waals surface area contributed by atoms with Gasteiger partial charge in [0.2, 0.25) is 10.0 Å². The normalized spacial score (nSPS) is 19.9. The van der Waals surface area contributed by atoms with E-state index in [0.29, 0.717) is 11.6 Å². The zero-order valence-electron chi connectivity index (χ0n) is 12.3. The van der Waals surface area contributed by atoms with Gasteiger partial charge in [-0.25, -0.2) is 12.7 Å². The fourth-order valence-corrected chi connectivity index (χ4v) is 3.75. The minimum Gasteiger partial charge on any atom is -0.378 e. The summed E-state index contributed by atoms with van der Waals surface area (Å²) in [6, 6.07) is 6.92. The van der Waals surface area contributed by atoms with Crippen LogP contribution in [0.15, 0.2) is 24.3 Å². The lowest BCUT2D eigenvalue weighted by molar-refractivity contribution is 0.00950. The predicted octanol–water partition coefficient (Wildman–Crippen LogP) is 3.06. The maximum Gasteiger partial charge on any atom is 0.218 e. The minimum atomic E-state index is -3.29. The molecule has 2 rings (SSSR count). The molecule has 1 fully saturated rings. The second-order valence-corrected chi connectivity index (χ2v) is 7.99. The molecule has 1 atom stereocenters. The molecule has 0 aliphatic carbocycles. The van der Waals surface area contributed by atoms with E-state index in [1.165, 1.54) is 10.7 Å². The van der Waals surface area contributed by atoms with Gasteiger partial charge in [0.1, 0.15) is 0 Å². The SMILES string of the molecule is CN(CCC1CCCCO1)S(=O)(=O)Cc1ccc(Cl)cc1. The Morgan fingerprint density at radius 3 is 2.62 bits per heavy atom. The zero-order chi connectivity index (χ0) is 15.3. The van der Waals surface area contributed by atoms with Gasteiger partial charge in [-0.3, -0.25) is 0 Å². The molecule has 0 bridgehead atoms. The van der Waals surface area contributed by atoms with Crippen LogP contribution in [0.5, 0.6) is 0 Å². The molecule has 0 aromatic heterocycles. The van der Waals surface area contributed by atoms with Crippen molar-refractivity contribution in [3.8, 4) is 0 Å². The zero-order valence-corrected chi connectivity index (χ0v) is 13.9. The first-order chi connectivity index (χ1) is 9.97. The van der Waals surface area contributed by atoms with E-state index in [0.717, 1.165) is 31.4 Å². The van der Waals surface area contributed by atoms with Gasteiger partial charge < -0.3 is 4.74 Å². The molecule has 1 heterocycles. The second kappa shape index (κ2) is 7.58. The first-order valence-electron chi connectivity index (χ1n) is 7.27. The number of benzene rings is 1. The maximum absolute atomic E-state index is 12.3. The average Bonchev–Trinajstić information content (AvgIpc) is 2.48. The Morgan fingerprint density at radius 1 is 1.29 bits per heavy atom.